The number of rotatable bonds is 7. The van der Waals surface area contributed by atoms with Crippen molar-refractivity contribution in [1.29, 1.82) is 0 Å². The average molecular weight is 581 g/mol. The summed E-state index contributed by atoms with van der Waals surface area (Å²) in [6, 6.07) is 14.6. The van der Waals surface area contributed by atoms with Gasteiger partial charge in [-0.25, -0.2) is 4.79 Å². The van der Waals surface area contributed by atoms with Crippen LogP contribution in [-0.4, -0.2) is 79.7 Å². The molecule has 12 heteroatoms. The van der Waals surface area contributed by atoms with E-state index >= 15 is 0 Å². The lowest BCUT2D eigenvalue weighted by molar-refractivity contribution is -0.278. The maximum atomic E-state index is 12.8. The number of esters is 1. The monoisotopic (exact) mass is 580 g/mol. The lowest BCUT2D eigenvalue weighted by Gasteiger charge is -2.40. The first-order valence-electron chi connectivity index (χ1n) is 12.9. The van der Waals surface area contributed by atoms with Gasteiger partial charge >= 0.3 is 5.97 Å². The molecule has 2 aliphatic rings. The zero-order valence-corrected chi connectivity index (χ0v) is 21.9. The van der Waals surface area contributed by atoms with Crippen LogP contribution in [0.2, 0.25) is 0 Å². The van der Waals surface area contributed by atoms with Crippen LogP contribution in [0.4, 0.5) is 0 Å². The quantitative estimate of drug-likeness (QED) is 0.176. The van der Waals surface area contributed by atoms with Crippen molar-refractivity contribution in [1.82, 2.24) is 0 Å². The second-order valence-corrected chi connectivity index (χ2v) is 9.83. The van der Waals surface area contributed by atoms with Crippen LogP contribution in [0.3, 0.4) is 0 Å². The Kier molecular flexibility index (Phi) is 8.31. The summed E-state index contributed by atoms with van der Waals surface area (Å²) in [6.45, 7) is -0.495. The van der Waals surface area contributed by atoms with Gasteiger partial charge in [-0.3, -0.25) is 4.79 Å². The van der Waals surface area contributed by atoms with Crippen molar-refractivity contribution in [3.05, 3.63) is 83.4 Å². The Balaban J connectivity index is 1.26. The normalized spacial score (nSPS) is 25.5. The molecule has 6 N–H and O–H groups in total. The molecule has 1 fully saturated rings. The molecule has 5 rings (SSSR count). The van der Waals surface area contributed by atoms with E-state index in [1.54, 1.807) is 24.3 Å². The molecule has 6 atom stereocenters. The van der Waals surface area contributed by atoms with Gasteiger partial charge in [0, 0.05) is 18.2 Å². The summed E-state index contributed by atoms with van der Waals surface area (Å²) in [5, 5.41) is 60.7. The minimum Gasteiger partial charge on any atom is -0.508 e. The van der Waals surface area contributed by atoms with Crippen molar-refractivity contribution < 1.29 is 59.2 Å². The van der Waals surface area contributed by atoms with Gasteiger partial charge in [-0.1, -0.05) is 24.3 Å². The first kappa shape index (κ1) is 28.9. The molecular weight excluding hydrogens is 552 g/mol. The fraction of sp³-hybridized carbons (Fsp3) is 0.267. The van der Waals surface area contributed by atoms with Crippen molar-refractivity contribution in [2.45, 2.75) is 43.2 Å². The number of fused-ring (bicyclic) bond motifs is 1. The van der Waals surface area contributed by atoms with Gasteiger partial charge < -0.3 is 49.6 Å². The number of hydrogen-bond donors (Lipinski definition) is 6. The molecule has 0 saturated carbocycles. The molecule has 0 radical (unpaired) electrons. The molecular formula is C30H28O12. The maximum Gasteiger partial charge on any atom is 0.330 e. The number of aromatic hydroxyl groups is 3. The molecule has 0 spiro atoms. The summed E-state index contributed by atoms with van der Waals surface area (Å²) >= 11 is 0. The Labute approximate surface area is 239 Å². The molecule has 2 heterocycles. The number of benzene rings is 3. The predicted molar refractivity (Wildman–Crippen MR) is 144 cm³/mol. The van der Waals surface area contributed by atoms with Crippen molar-refractivity contribution in [3.63, 3.8) is 0 Å². The summed E-state index contributed by atoms with van der Waals surface area (Å²) in [6.07, 6.45) is -6.12. The molecule has 0 aromatic heterocycles. The highest BCUT2D eigenvalue weighted by atomic mass is 16.7. The molecule has 3 aromatic rings. The van der Waals surface area contributed by atoms with Gasteiger partial charge in [-0.15, -0.1) is 0 Å². The minimum atomic E-state index is -1.73. The van der Waals surface area contributed by atoms with Crippen LogP contribution in [0.25, 0.3) is 6.08 Å². The standard InChI is InChI=1S/C30H28O12/c31-17-6-1-15(2-7-17)3-10-25(35)39-14-24-27(36)28(37)29(38)30(42-24)40-19-11-20(33)26-21(34)13-22(41-23(26)12-19)16-4-8-18(32)9-5-16/h1-12,22,24,27-33,36-38H,13-14H2/t22-,24+,27+,28-,29+,30+/m0/s1. The second kappa shape index (κ2) is 12.1. The molecule has 3 aromatic carbocycles. The zero-order chi connectivity index (χ0) is 30.0. The van der Waals surface area contributed by atoms with Crippen molar-refractivity contribution in [2.75, 3.05) is 6.61 Å². The van der Waals surface area contributed by atoms with Crippen LogP contribution in [0.1, 0.15) is 34.0 Å². The van der Waals surface area contributed by atoms with Gasteiger partial charge in [0.1, 0.15) is 71.4 Å². The summed E-state index contributed by atoms with van der Waals surface area (Å²) < 4.78 is 22.3. The van der Waals surface area contributed by atoms with E-state index in [-0.39, 0.29) is 40.8 Å². The van der Waals surface area contributed by atoms with Crippen LogP contribution >= 0.6 is 0 Å². The average Bonchev–Trinajstić information content (AvgIpc) is 2.96. The van der Waals surface area contributed by atoms with Gasteiger partial charge in [0.2, 0.25) is 6.29 Å². The Morgan fingerprint density at radius 3 is 2.26 bits per heavy atom. The Bertz CT molecular complexity index is 1470. The smallest absolute Gasteiger partial charge is 0.330 e. The molecule has 0 amide bonds. The summed E-state index contributed by atoms with van der Waals surface area (Å²) in [5.41, 5.74) is 1.19. The topological polar surface area (TPSA) is 192 Å². The van der Waals surface area contributed by atoms with Crippen LogP contribution in [0.15, 0.2) is 66.7 Å². The molecule has 12 nitrogen and oxygen atoms in total. The van der Waals surface area contributed by atoms with Gasteiger partial charge in [-0.2, -0.15) is 0 Å². The summed E-state index contributed by atoms with van der Waals surface area (Å²) in [4.78, 5) is 25.0. The number of carbonyl (C=O) groups excluding carboxylic acids is 2. The van der Waals surface area contributed by atoms with Gasteiger partial charge in [0.15, 0.2) is 5.78 Å². The molecule has 0 aliphatic carbocycles. The fourth-order valence-electron chi connectivity index (χ4n) is 4.61. The van der Waals surface area contributed by atoms with Crippen LogP contribution in [0, 0.1) is 0 Å². The maximum absolute atomic E-state index is 12.8. The SMILES string of the molecule is O=C(C=Cc1ccc(O)cc1)OC[C@H]1O[C@@H](Oc2cc(O)c3c(c2)O[C@H](c2ccc(O)cc2)CC3=O)[C@H](O)[C@@H](O)[C@@H]1O. The minimum absolute atomic E-state index is 0.0103. The van der Waals surface area contributed by atoms with E-state index in [4.69, 9.17) is 18.9 Å². The molecule has 42 heavy (non-hydrogen) atoms. The Morgan fingerprint density at radius 2 is 1.57 bits per heavy atom. The predicted octanol–water partition coefficient (Wildman–Crippen LogP) is 1.95. The third-order valence-electron chi connectivity index (χ3n) is 6.85. The van der Waals surface area contributed by atoms with E-state index < -0.39 is 55.1 Å². The molecule has 2 aliphatic heterocycles. The highest BCUT2D eigenvalue weighted by molar-refractivity contribution is 6.02. The number of aliphatic hydroxyl groups is 3. The largest absolute Gasteiger partial charge is 0.508 e. The first-order chi connectivity index (χ1) is 20.1. The number of carbonyl (C=O) groups is 2. The van der Waals surface area contributed by atoms with E-state index in [0.717, 1.165) is 12.1 Å². The Morgan fingerprint density at radius 1 is 0.905 bits per heavy atom. The third-order valence-corrected chi connectivity index (χ3v) is 6.85. The van der Waals surface area contributed by atoms with Gasteiger partial charge in [0.25, 0.3) is 0 Å². The fourth-order valence-corrected chi connectivity index (χ4v) is 4.61. The van der Waals surface area contributed by atoms with Crippen molar-refractivity contribution in [2.24, 2.45) is 0 Å². The lowest BCUT2D eigenvalue weighted by Crippen LogP contribution is -2.60. The second-order valence-electron chi connectivity index (χ2n) is 9.83. The summed E-state index contributed by atoms with van der Waals surface area (Å²) in [7, 11) is 0. The third kappa shape index (κ3) is 6.31. The van der Waals surface area contributed by atoms with E-state index in [1.165, 1.54) is 36.4 Å². The van der Waals surface area contributed by atoms with E-state index in [9.17, 15) is 40.2 Å². The van der Waals surface area contributed by atoms with Crippen LogP contribution in [0.5, 0.6) is 28.7 Å². The number of ketones is 1. The van der Waals surface area contributed by atoms with Crippen LogP contribution in [-0.2, 0) is 14.3 Å². The lowest BCUT2D eigenvalue weighted by atomic mass is 9.95. The van der Waals surface area contributed by atoms with Gasteiger partial charge in [-0.05, 0) is 41.5 Å². The van der Waals surface area contributed by atoms with Crippen LogP contribution < -0.4 is 9.47 Å². The van der Waals surface area contributed by atoms with Gasteiger partial charge in [0.05, 0.1) is 6.42 Å². The molecule has 220 valence electrons. The number of ether oxygens (including phenoxy) is 4. The number of phenolic OH excluding ortho intramolecular Hbond substituents is 3. The molecule has 0 bridgehead atoms. The first-order valence-corrected chi connectivity index (χ1v) is 12.9. The highest BCUT2D eigenvalue weighted by Gasteiger charge is 2.45. The summed E-state index contributed by atoms with van der Waals surface area (Å²) in [5.74, 6) is -1.55. The number of phenols is 3. The Hall–Kier alpha value is -4.62. The molecule has 1 saturated heterocycles. The van der Waals surface area contributed by atoms with Crippen molar-refractivity contribution >= 4 is 17.8 Å². The van der Waals surface area contributed by atoms with E-state index in [0.29, 0.717) is 11.1 Å². The molecule has 0 unspecified atom stereocenters. The number of Topliss-reactive ketones (excluding diaryl/α,β-unsaturated/α-hetero) is 1. The van der Waals surface area contributed by atoms with Crippen molar-refractivity contribution in [3.8, 4) is 28.7 Å². The number of aliphatic hydroxyl groups excluding tert-OH is 3. The number of hydrogen-bond acceptors (Lipinski definition) is 12. The van der Waals surface area contributed by atoms with E-state index in [2.05, 4.69) is 0 Å². The highest BCUT2D eigenvalue weighted by Crippen LogP contribution is 2.42. The zero-order valence-electron chi connectivity index (χ0n) is 21.9. The van der Waals surface area contributed by atoms with E-state index in [1.807, 2.05) is 0 Å².